The second-order valence-electron chi connectivity index (χ2n) is 9.22. The Morgan fingerprint density at radius 3 is 2.53 bits per heavy atom. The molecule has 0 N–H and O–H groups in total. The van der Waals surface area contributed by atoms with Crippen LogP contribution >= 0.6 is 0 Å². The minimum absolute atomic E-state index is 0.00762. The van der Waals surface area contributed by atoms with Crippen molar-refractivity contribution in [2.24, 2.45) is 5.92 Å². The molecular formula is C26H39FN2O3. The fraction of sp³-hybridized carbons (Fsp3) is 0.692. The van der Waals surface area contributed by atoms with E-state index in [9.17, 15) is 9.18 Å². The lowest BCUT2D eigenvalue weighted by Gasteiger charge is -2.30. The molecule has 3 rings (SSSR count). The van der Waals surface area contributed by atoms with Gasteiger partial charge in [0, 0.05) is 30.5 Å². The topological polar surface area (TPSA) is 55.6 Å². The van der Waals surface area contributed by atoms with Crippen molar-refractivity contribution in [2.45, 2.75) is 96.8 Å². The Bertz CT molecular complexity index is 830. The lowest BCUT2D eigenvalue weighted by molar-refractivity contribution is -0.200. The number of halogens is 1. The first kappa shape index (κ1) is 24.7. The highest BCUT2D eigenvalue weighted by molar-refractivity contribution is 5.79. The van der Waals surface area contributed by atoms with Crippen LogP contribution in [0.2, 0.25) is 0 Å². The third-order valence-electron chi connectivity index (χ3n) is 6.67. The van der Waals surface area contributed by atoms with Crippen LogP contribution in [0, 0.1) is 11.7 Å². The molecule has 0 spiro atoms. The number of aromatic nitrogens is 1. The summed E-state index contributed by atoms with van der Waals surface area (Å²) in [5.41, 5.74) is 1.37. The summed E-state index contributed by atoms with van der Waals surface area (Å²) in [6, 6.07) is 4.56. The molecule has 2 aromatic rings. The predicted octanol–water partition coefficient (Wildman–Crippen LogP) is 7.16. The van der Waals surface area contributed by atoms with E-state index in [1.807, 2.05) is 5.06 Å². The summed E-state index contributed by atoms with van der Waals surface area (Å²) < 4.78 is 18.7. The highest BCUT2D eigenvalue weighted by Crippen LogP contribution is 2.33. The molecule has 0 bridgehead atoms. The monoisotopic (exact) mass is 446 g/mol. The van der Waals surface area contributed by atoms with E-state index in [0.29, 0.717) is 18.7 Å². The van der Waals surface area contributed by atoms with Crippen LogP contribution in [0.1, 0.15) is 103 Å². The quantitative estimate of drug-likeness (QED) is 0.306. The number of unbranched alkanes of at least 4 members (excludes halogenated alkanes) is 6. The highest BCUT2D eigenvalue weighted by Gasteiger charge is 2.29. The third-order valence-corrected chi connectivity index (χ3v) is 6.67. The van der Waals surface area contributed by atoms with Gasteiger partial charge in [-0.1, -0.05) is 70.4 Å². The first-order valence-corrected chi connectivity index (χ1v) is 12.6. The van der Waals surface area contributed by atoms with Crippen molar-refractivity contribution in [3.8, 4) is 0 Å². The molecule has 2 heterocycles. The van der Waals surface area contributed by atoms with Crippen LogP contribution in [-0.2, 0) is 9.63 Å². The van der Waals surface area contributed by atoms with Gasteiger partial charge in [0.2, 0.25) is 0 Å². The molecule has 6 heteroatoms. The van der Waals surface area contributed by atoms with Gasteiger partial charge in [-0.05, 0) is 37.8 Å². The van der Waals surface area contributed by atoms with E-state index in [0.717, 1.165) is 56.0 Å². The van der Waals surface area contributed by atoms with Gasteiger partial charge in [0.1, 0.15) is 5.82 Å². The van der Waals surface area contributed by atoms with Crippen molar-refractivity contribution in [2.75, 3.05) is 13.1 Å². The molecule has 1 atom stereocenters. The molecule has 1 aliphatic heterocycles. The Morgan fingerprint density at radius 2 is 1.78 bits per heavy atom. The van der Waals surface area contributed by atoms with E-state index in [1.165, 1.54) is 44.2 Å². The number of hydrogen-bond donors (Lipinski definition) is 0. The maximum absolute atomic E-state index is 13.4. The normalized spacial score (nSPS) is 16.5. The maximum Gasteiger partial charge on any atom is 0.328 e. The van der Waals surface area contributed by atoms with Crippen molar-refractivity contribution in [3.05, 3.63) is 29.7 Å². The number of carbonyl (C=O) groups excluding carboxylic acids is 1. The van der Waals surface area contributed by atoms with Crippen LogP contribution in [0.25, 0.3) is 11.0 Å². The second kappa shape index (κ2) is 12.9. The molecule has 1 unspecified atom stereocenters. The van der Waals surface area contributed by atoms with Gasteiger partial charge in [-0.2, -0.15) is 0 Å². The van der Waals surface area contributed by atoms with E-state index in [1.54, 1.807) is 6.07 Å². The van der Waals surface area contributed by atoms with E-state index in [4.69, 9.17) is 9.36 Å². The molecule has 0 radical (unpaired) electrons. The Morgan fingerprint density at radius 1 is 1.09 bits per heavy atom. The van der Waals surface area contributed by atoms with Crippen molar-refractivity contribution >= 4 is 16.9 Å². The van der Waals surface area contributed by atoms with Gasteiger partial charge in [-0.3, -0.25) is 4.79 Å². The number of rotatable bonds is 13. The summed E-state index contributed by atoms with van der Waals surface area (Å²) in [6.45, 7) is 5.77. The van der Waals surface area contributed by atoms with Crippen molar-refractivity contribution in [3.63, 3.8) is 0 Å². The fourth-order valence-corrected chi connectivity index (χ4v) is 4.65. The van der Waals surface area contributed by atoms with Crippen LogP contribution in [0.15, 0.2) is 22.7 Å². The van der Waals surface area contributed by atoms with Gasteiger partial charge in [0.25, 0.3) is 0 Å². The fourth-order valence-electron chi connectivity index (χ4n) is 4.65. The van der Waals surface area contributed by atoms with E-state index < -0.39 is 0 Å². The number of carbonyl (C=O) groups is 1. The van der Waals surface area contributed by atoms with Gasteiger partial charge in [0.05, 0.1) is 11.6 Å². The van der Waals surface area contributed by atoms with E-state index in [-0.39, 0.29) is 23.6 Å². The zero-order valence-corrected chi connectivity index (χ0v) is 19.8. The lowest BCUT2D eigenvalue weighted by atomic mass is 9.92. The molecule has 0 saturated carbocycles. The van der Waals surface area contributed by atoms with Gasteiger partial charge >= 0.3 is 5.97 Å². The summed E-state index contributed by atoms with van der Waals surface area (Å²) >= 11 is 0. The standard InChI is InChI=1S/C26H39FN2O3/c1-3-5-7-8-9-10-12-21(11-6-4-2)26(30)32-29-17-15-20(16-18-29)25-23-14-13-22(27)19-24(23)31-28-25/h13-14,19-21H,3-12,15-18H2,1-2H3. The van der Waals surface area contributed by atoms with Crippen LogP contribution < -0.4 is 0 Å². The Balaban J connectivity index is 1.46. The number of nitrogens with zero attached hydrogens (tertiary/aromatic N) is 2. The Hall–Kier alpha value is -1.95. The number of hydrogen-bond acceptors (Lipinski definition) is 5. The summed E-state index contributed by atoms with van der Waals surface area (Å²) in [6.07, 6.45) is 13.1. The SMILES string of the molecule is CCCCCCCCC(CCCC)C(=O)ON1CCC(c2noc3cc(F)ccc23)CC1. The van der Waals surface area contributed by atoms with Crippen LogP contribution in [-0.4, -0.2) is 29.3 Å². The number of benzene rings is 1. The van der Waals surface area contributed by atoms with Gasteiger partial charge < -0.3 is 9.36 Å². The Labute approximate surface area is 191 Å². The highest BCUT2D eigenvalue weighted by atomic mass is 19.1. The zero-order valence-electron chi connectivity index (χ0n) is 19.8. The van der Waals surface area contributed by atoms with Gasteiger partial charge in [-0.25, -0.2) is 4.39 Å². The van der Waals surface area contributed by atoms with Crippen LogP contribution in [0.3, 0.4) is 0 Å². The average molecular weight is 447 g/mol. The predicted molar refractivity (Wildman–Crippen MR) is 125 cm³/mol. The van der Waals surface area contributed by atoms with Crippen molar-refractivity contribution in [1.29, 1.82) is 0 Å². The summed E-state index contributed by atoms with van der Waals surface area (Å²) in [5, 5.41) is 6.90. The van der Waals surface area contributed by atoms with Gasteiger partial charge in [-0.15, -0.1) is 5.06 Å². The minimum atomic E-state index is -0.319. The molecular weight excluding hydrogens is 407 g/mol. The molecule has 32 heavy (non-hydrogen) atoms. The maximum atomic E-state index is 13.4. The van der Waals surface area contributed by atoms with Crippen LogP contribution in [0.4, 0.5) is 4.39 Å². The summed E-state index contributed by atoms with van der Waals surface area (Å²) in [5.74, 6) is -0.141. The Kier molecular flexibility index (Phi) is 9.97. The molecule has 5 nitrogen and oxygen atoms in total. The summed E-state index contributed by atoms with van der Waals surface area (Å²) in [7, 11) is 0. The molecule has 0 aliphatic carbocycles. The van der Waals surface area contributed by atoms with Crippen molar-refractivity contribution in [1.82, 2.24) is 10.2 Å². The molecule has 178 valence electrons. The molecule has 1 fully saturated rings. The van der Waals surface area contributed by atoms with Gasteiger partial charge in [0.15, 0.2) is 5.58 Å². The number of piperidine rings is 1. The molecule has 1 saturated heterocycles. The molecule has 1 aromatic carbocycles. The largest absolute Gasteiger partial charge is 0.368 e. The van der Waals surface area contributed by atoms with E-state index in [2.05, 4.69) is 19.0 Å². The van der Waals surface area contributed by atoms with E-state index >= 15 is 0 Å². The van der Waals surface area contributed by atoms with Crippen LogP contribution in [0.5, 0.6) is 0 Å². The second-order valence-corrected chi connectivity index (χ2v) is 9.22. The lowest BCUT2D eigenvalue weighted by Crippen LogP contribution is -2.37. The number of fused-ring (bicyclic) bond motifs is 1. The molecule has 1 aliphatic rings. The van der Waals surface area contributed by atoms with Crippen molar-refractivity contribution < 1.29 is 18.5 Å². The third kappa shape index (κ3) is 7.03. The average Bonchev–Trinajstić information content (AvgIpc) is 3.21. The summed E-state index contributed by atoms with van der Waals surface area (Å²) in [4.78, 5) is 18.7. The minimum Gasteiger partial charge on any atom is -0.368 e. The first-order valence-electron chi connectivity index (χ1n) is 12.6. The first-order chi connectivity index (χ1) is 15.6. The zero-order chi connectivity index (χ0) is 22.8. The smallest absolute Gasteiger partial charge is 0.328 e. The molecule has 1 aromatic heterocycles. The number of hydroxylamine groups is 2. The molecule has 0 amide bonds.